The van der Waals surface area contributed by atoms with Gasteiger partial charge in [0.2, 0.25) is 0 Å². The second-order valence-corrected chi connectivity index (χ2v) is 9.70. The lowest BCUT2D eigenvalue weighted by atomic mass is 10.3. The molecule has 1 unspecified atom stereocenters. The van der Waals surface area contributed by atoms with Gasteiger partial charge >= 0.3 is 0 Å². The van der Waals surface area contributed by atoms with Crippen molar-refractivity contribution in [1.29, 1.82) is 0 Å². The number of halogens is 2. The van der Waals surface area contributed by atoms with Crippen molar-refractivity contribution in [2.24, 2.45) is 0 Å². The van der Waals surface area contributed by atoms with Crippen LogP contribution in [0, 0.1) is 0 Å². The highest BCUT2D eigenvalue weighted by Gasteiger charge is 2.15. The maximum Gasteiger partial charge on any atom is 0.263 e. The Kier molecular flexibility index (Phi) is 8.51. The summed E-state index contributed by atoms with van der Waals surface area (Å²) in [5.41, 5.74) is 5.01. The third-order valence-corrected chi connectivity index (χ3v) is 6.24. The van der Waals surface area contributed by atoms with E-state index >= 15 is 0 Å². The first-order valence-corrected chi connectivity index (χ1v) is 12.1. The molecule has 4 rings (SSSR count). The lowest BCUT2D eigenvalue weighted by molar-refractivity contribution is 0.457. The first-order valence-electron chi connectivity index (χ1n) is 6.76. The molecular weight excluding hydrogens is 475 g/mol. The van der Waals surface area contributed by atoms with Gasteiger partial charge in [-0.25, -0.2) is 22.6 Å². The van der Waals surface area contributed by atoms with Gasteiger partial charge in [-0.2, -0.15) is 3.74 Å². The SMILES string of the molecule is O=S(=O)(Cl)c1cccc2scnc12.O=S([O-])OCl.c1ccc2scnc2c1. The monoisotopic (exact) mass is 483 g/mol. The Morgan fingerprint density at radius 3 is 2.22 bits per heavy atom. The molecule has 0 spiro atoms. The zero-order chi connectivity index (χ0) is 19.9. The van der Waals surface area contributed by atoms with Gasteiger partial charge in [-0.1, -0.05) is 18.2 Å². The molecule has 144 valence electrons. The second kappa shape index (κ2) is 10.4. The fraction of sp³-hybridized carbons (Fsp3) is 0. The molecule has 0 fully saturated rings. The van der Waals surface area contributed by atoms with Crippen LogP contribution in [0.25, 0.3) is 20.4 Å². The molecule has 0 saturated carbocycles. The lowest BCUT2D eigenvalue weighted by Crippen LogP contribution is -1.91. The summed E-state index contributed by atoms with van der Waals surface area (Å²) in [6, 6.07) is 13.0. The van der Waals surface area contributed by atoms with E-state index < -0.39 is 20.4 Å². The second-order valence-electron chi connectivity index (χ2n) is 4.48. The Morgan fingerprint density at radius 2 is 1.59 bits per heavy atom. The summed E-state index contributed by atoms with van der Waals surface area (Å²) in [5, 5.41) is 0. The number of benzene rings is 2. The van der Waals surface area contributed by atoms with Gasteiger partial charge in [-0.3, -0.25) is 0 Å². The van der Waals surface area contributed by atoms with Gasteiger partial charge < -0.3 is 4.55 Å². The number of para-hydroxylation sites is 2. The molecule has 0 amide bonds. The van der Waals surface area contributed by atoms with Crippen LogP contribution < -0.4 is 0 Å². The van der Waals surface area contributed by atoms with Crippen LogP contribution in [0.4, 0.5) is 0 Å². The third kappa shape index (κ3) is 6.73. The molecular formula is C14H9Cl2N2O5S4-. The number of thiazole rings is 2. The largest absolute Gasteiger partial charge is 0.749 e. The zero-order valence-corrected chi connectivity index (χ0v) is 17.8. The van der Waals surface area contributed by atoms with E-state index in [-0.39, 0.29) is 4.90 Å². The van der Waals surface area contributed by atoms with Gasteiger partial charge in [0.25, 0.3) is 9.05 Å². The molecule has 7 nitrogen and oxygen atoms in total. The molecule has 0 radical (unpaired) electrons. The number of fused-ring (bicyclic) bond motifs is 2. The maximum atomic E-state index is 11.1. The number of nitrogens with zero attached hydrogens (tertiary/aromatic N) is 2. The van der Waals surface area contributed by atoms with Gasteiger partial charge in [0, 0.05) is 10.7 Å². The van der Waals surface area contributed by atoms with Gasteiger partial charge in [0.05, 0.1) is 37.8 Å². The molecule has 0 aliphatic rings. The fourth-order valence-corrected chi connectivity index (χ4v) is 4.31. The minimum Gasteiger partial charge on any atom is -0.749 e. The van der Waals surface area contributed by atoms with Gasteiger partial charge in [-0.05, 0) is 24.3 Å². The van der Waals surface area contributed by atoms with E-state index in [1.807, 2.05) is 23.7 Å². The molecule has 1 atom stereocenters. The minimum atomic E-state index is -3.68. The normalized spacial score (nSPS) is 12.0. The standard InChI is InChI=1S/C7H4ClNO2S2.C7H5NS.ClHO3S/c8-13(10,11)6-3-1-2-5-7(6)9-4-12-5;1-2-4-7-6(3-1)8-5-9-7;1-4-5(2)3/h1-4H;1-5H;(H,2,3)/p-1. The molecule has 0 aliphatic heterocycles. The number of hydrogen-bond acceptors (Lipinski definition) is 9. The summed E-state index contributed by atoms with van der Waals surface area (Å²) in [4.78, 5) is 8.15. The van der Waals surface area contributed by atoms with Crippen LogP contribution >= 0.6 is 45.2 Å². The lowest BCUT2D eigenvalue weighted by Gasteiger charge is -1.95. The highest BCUT2D eigenvalue weighted by Crippen LogP contribution is 2.26. The molecule has 2 aromatic carbocycles. The Hall–Kier alpha value is -1.18. The van der Waals surface area contributed by atoms with E-state index in [2.05, 4.69) is 31.6 Å². The van der Waals surface area contributed by atoms with Crippen molar-refractivity contribution in [3.63, 3.8) is 0 Å². The predicted octanol–water partition coefficient (Wildman–Crippen LogP) is 4.47. The molecule has 0 aliphatic carbocycles. The van der Waals surface area contributed by atoms with E-state index in [4.69, 9.17) is 19.4 Å². The molecule has 0 saturated heterocycles. The molecule has 2 aromatic heterocycles. The Bertz CT molecular complexity index is 1120. The van der Waals surface area contributed by atoms with Gasteiger partial charge in [0.15, 0.2) is 0 Å². The molecule has 13 heteroatoms. The van der Waals surface area contributed by atoms with Crippen LogP contribution in [0.15, 0.2) is 58.4 Å². The highest BCUT2D eigenvalue weighted by molar-refractivity contribution is 8.14. The highest BCUT2D eigenvalue weighted by atomic mass is 35.7. The van der Waals surface area contributed by atoms with E-state index in [0.29, 0.717) is 5.52 Å². The topological polar surface area (TPSA) is 109 Å². The van der Waals surface area contributed by atoms with Crippen LogP contribution in [0.1, 0.15) is 0 Å². The van der Waals surface area contributed by atoms with Crippen molar-refractivity contribution in [3.8, 4) is 0 Å². The maximum absolute atomic E-state index is 11.1. The molecule has 0 N–H and O–H groups in total. The van der Waals surface area contributed by atoms with Crippen LogP contribution in [-0.4, -0.2) is 27.1 Å². The van der Waals surface area contributed by atoms with E-state index in [1.54, 1.807) is 29.0 Å². The van der Waals surface area contributed by atoms with Crippen LogP contribution in [-0.2, 0) is 24.1 Å². The van der Waals surface area contributed by atoms with E-state index in [0.717, 1.165) is 10.2 Å². The summed E-state index contributed by atoms with van der Waals surface area (Å²) in [7, 11) is 1.55. The molecule has 27 heavy (non-hydrogen) atoms. The Morgan fingerprint density at radius 1 is 1.00 bits per heavy atom. The van der Waals surface area contributed by atoms with Crippen LogP contribution in [0.2, 0.25) is 0 Å². The quantitative estimate of drug-likeness (QED) is 0.305. The average Bonchev–Trinajstić information content (AvgIpc) is 3.30. The van der Waals surface area contributed by atoms with Crippen LogP contribution in [0.3, 0.4) is 0 Å². The van der Waals surface area contributed by atoms with Crippen molar-refractivity contribution in [3.05, 3.63) is 53.5 Å². The van der Waals surface area contributed by atoms with Crippen molar-refractivity contribution in [2.75, 3.05) is 0 Å². The smallest absolute Gasteiger partial charge is 0.263 e. The Balaban J connectivity index is 0.000000162. The van der Waals surface area contributed by atoms with Crippen molar-refractivity contribution >= 4 is 86.1 Å². The first kappa shape index (κ1) is 22.1. The Labute approximate surface area is 174 Å². The van der Waals surface area contributed by atoms with Crippen molar-refractivity contribution in [1.82, 2.24) is 9.97 Å². The number of hydrogen-bond donors (Lipinski definition) is 0. The number of rotatable bonds is 2. The van der Waals surface area contributed by atoms with Crippen LogP contribution in [0.5, 0.6) is 0 Å². The van der Waals surface area contributed by atoms with Crippen molar-refractivity contribution in [2.45, 2.75) is 4.90 Å². The summed E-state index contributed by atoms with van der Waals surface area (Å²) in [6.07, 6.45) is 0. The van der Waals surface area contributed by atoms with Gasteiger partial charge in [0.1, 0.15) is 21.8 Å². The van der Waals surface area contributed by atoms with Crippen molar-refractivity contribution < 1.29 is 20.9 Å². The first-order chi connectivity index (χ1) is 12.8. The predicted molar refractivity (Wildman–Crippen MR) is 108 cm³/mol. The summed E-state index contributed by atoms with van der Waals surface area (Å²) >= 11 is 4.73. The molecule has 0 bridgehead atoms. The fourth-order valence-electron chi connectivity index (χ4n) is 1.86. The summed E-state index contributed by atoms with van der Waals surface area (Å²) in [6.45, 7) is 0. The molecule has 2 heterocycles. The summed E-state index contributed by atoms with van der Waals surface area (Å²) in [5.74, 6) is 0. The zero-order valence-electron chi connectivity index (χ0n) is 13.0. The summed E-state index contributed by atoms with van der Waals surface area (Å²) < 4.78 is 45.4. The third-order valence-electron chi connectivity index (χ3n) is 2.87. The molecule has 4 aromatic rings. The van der Waals surface area contributed by atoms with E-state index in [9.17, 15) is 8.42 Å². The average molecular weight is 484 g/mol. The van der Waals surface area contributed by atoms with Gasteiger partial charge in [-0.15, -0.1) is 22.7 Å². The number of aromatic nitrogens is 2. The minimum absolute atomic E-state index is 0.0768. The van der Waals surface area contributed by atoms with E-state index in [1.165, 1.54) is 22.1 Å².